The van der Waals surface area contributed by atoms with Gasteiger partial charge in [0.25, 0.3) is 0 Å². The summed E-state index contributed by atoms with van der Waals surface area (Å²) in [7, 11) is 5.02. The van der Waals surface area contributed by atoms with Crippen molar-refractivity contribution in [3.8, 4) is 33.8 Å². The van der Waals surface area contributed by atoms with Crippen molar-refractivity contribution >= 4 is 28.4 Å². The molecule has 1 aliphatic carbocycles. The number of ether oxygens (including phenoxy) is 3. The quantitative estimate of drug-likeness (QED) is 0.127. The third-order valence-electron chi connectivity index (χ3n) is 9.12. The Balaban J connectivity index is 1.18. The summed E-state index contributed by atoms with van der Waals surface area (Å²) < 4.78 is 16.3. The largest absolute Gasteiger partial charge is 0.497 e. The van der Waals surface area contributed by atoms with Gasteiger partial charge >= 0.3 is 0 Å². The van der Waals surface area contributed by atoms with Crippen LogP contribution in [0.25, 0.3) is 22.3 Å². The highest BCUT2D eigenvalue weighted by molar-refractivity contribution is 5.81. The highest BCUT2D eigenvalue weighted by Gasteiger charge is 2.16. The van der Waals surface area contributed by atoms with Gasteiger partial charge in [0.2, 0.25) is 0 Å². The van der Waals surface area contributed by atoms with E-state index in [1.165, 1.54) is 16.7 Å². The molecule has 52 heavy (non-hydrogen) atoms. The number of methoxy groups -OCH3 is 3. The number of benzene rings is 6. The zero-order valence-electron chi connectivity index (χ0n) is 29.8. The van der Waals surface area contributed by atoms with Crippen LogP contribution in [-0.2, 0) is 4.74 Å². The fourth-order valence-corrected chi connectivity index (χ4v) is 6.26. The SMILES string of the molecule is COC1=C=CC=C(N(c2ccc(OC)cc2)c2ccc(-c3ccc(N(c4ccc(OC)cc4)c4ccc(-c5ccc(C)cc5)cc4)cc3)cc2)C=C1. The first-order chi connectivity index (χ1) is 25.5. The van der Waals surface area contributed by atoms with Crippen LogP contribution >= 0.6 is 0 Å². The third-order valence-corrected chi connectivity index (χ3v) is 9.12. The summed E-state index contributed by atoms with van der Waals surface area (Å²) in [6.45, 7) is 2.11. The van der Waals surface area contributed by atoms with E-state index in [2.05, 4.69) is 144 Å². The molecule has 5 nitrogen and oxygen atoms in total. The molecule has 0 amide bonds. The molecule has 0 aliphatic heterocycles. The van der Waals surface area contributed by atoms with Crippen LogP contribution in [0.3, 0.4) is 0 Å². The van der Waals surface area contributed by atoms with E-state index in [-0.39, 0.29) is 0 Å². The van der Waals surface area contributed by atoms with E-state index in [1.807, 2.05) is 48.6 Å². The lowest BCUT2D eigenvalue weighted by atomic mass is 10.0. The Labute approximate surface area is 306 Å². The number of hydrogen-bond acceptors (Lipinski definition) is 5. The molecule has 5 heteroatoms. The summed E-state index contributed by atoms with van der Waals surface area (Å²) in [5.41, 5.74) is 15.2. The van der Waals surface area contributed by atoms with E-state index in [0.717, 1.165) is 56.8 Å². The maximum atomic E-state index is 5.46. The third kappa shape index (κ3) is 7.41. The fraction of sp³-hybridized carbons (Fsp3) is 0.0851. The van der Waals surface area contributed by atoms with Gasteiger partial charge in [-0.2, -0.15) is 0 Å². The molecule has 0 N–H and O–H groups in total. The number of nitrogens with zero attached hydrogens (tertiary/aromatic N) is 2. The first-order valence-electron chi connectivity index (χ1n) is 17.2. The monoisotopic (exact) mass is 680 g/mol. The van der Waals surface area contributed by atoms with Crippen molar-refractivity contribution in [2.24, 2.45) is 0 Å². The number of hydrogen-bond donors (Lipinski definition) is 0. The second-order valence-electron chi connectivity index (χ2n) is 12.4. The number of rotatable bonds is 11. The Kier molecular flexibility index (Phi) is 10.1. The number of allylic oxidation sites excluding steroid dienone is 3. The summed E-state index contributed by atoms with van der Waals surface area (Å²) in [5.74, 6) is 2.30. The summed E-state index contributed by atoms with van der Waals surface area (Å²) in [4.78, 5) is 4.47. The van der Waals surface area contributed by atoms with Gasteiger partial charge in [-0.15, -0.1) is 0 Å². The van der Waals surface area contributed by atoms with Gasteiger partial charge in [0, 0.05) is 34.1 Å². The van der Waals surface area contributed by atoms with E-state index in [4.69, 9.17) is 14.2 Å². The molecule has 0 radical (unpaired) electrons. The normalized spacial score (nSPS) is 12.0. The Morgan fingerprint density at radius 3 is 1.15 bits per heavy atom. The zero-order chi connectivity index (χ0) is 35.9. The van der Waals surface area contributed by atoms with E-state index in [9.17, 15) is 0 Å². The first kappa shape index (κ1) is 33.8. The Hall–Kier alpha value is -6.68. The van der Waals surface area contributed by atoms with Crippen LogP contribution in [0, 0.1) is 6.92 Å². The molecule has 0 aromatic heterocycles. The van der Waals surface area contributed by atoms with Gasteiger partial charge < -0.3 is 24.0 Å². The van der Waals surface area contributed by atoms with E-state index >= 15 is 0 Å². The predicted molar refractivity (Wildman–Crippen MR) is 214 cm³/mol. The fourth-order valence-electron chi connectivity index (χ4n) is 6.26. The first-order valence-corrected chi connectivity index (χ1v) is 17.2. The lowest BCUT2D eigenvalue weighted by Gasteiger charge is -2.27. The Bertz CT molecular complexity index is 2240. The smallest absolute Gasteiger partial charge is 0.161 e. The minimum absolute atomic E-state index is 0.671. The molecule has 1 aliphatic rings. The topological polar surface area (TPSA) is 34.2 Å². The molecule has 0 saturated carbocycles. The van der Waals surface area contributed by atoms with Gasteiger partial charge in [0.15, 0.2) is 5.76 Å². The van der Waals surface area contributed by atoms with Crippen molar-refractivity contribution in [2.75, 3.05) is 31.1 Å². The maximum Gasteiger partial charge on any atom is 0.161 e. The molecule has 0 unspecified atom stereocenters. The molecule has 0 spiro atoms. The van der Waals surface area contributed by atoms with Crippen molar-refractivity contribution in [3.05, 3.63) is 193 Å². The minimum atomic E-state index is 0.671. The second kappa shape index (κ2) is 15.5. The van der Waals surface area contributed by atoms with Gasteiger partial charge in [-0.3, -0.25) is 0 Å². The standard InChI is InChI=1S/C47H40N2O3/c1-34-8-10-35(11-9-34)36-12-20-41(21-13-36)49(44-27-32-47(52-4)33-28-44)42-22-16-38(17-23-42)37-14-18-40(19-15-37)48(43-25-30-46(51-3)31-26-43)39-6-5-7-45(50-2)29-24-39/h5-6,8-33H,1-4H3. The van der Waals surface area contributed by atoms with Crippen LogP contribution in [0.4, 0.5) is 28.4 Å². The van der Waals surface area contributed by atoms with Crippen molar-refractivity contribution in [2.45, 2.75) is 6.92 Å². The molecule has 6 aromatic rings. The summed E-state index contributed by atoms with van der Waals surface area (Å²) in [6.07, 6.45) is 7.88. The molecule has 7 rings (SSSR count). The Morgan fingerprint density at radius 1 is 0.404 bits per heavy atom. The van der Waals surface area contributed by atoms with Crippen LogP contribution in [0.1, 0.15) is 5.56 Å². The average molecular weight is 681 g/mol. The molecule has 0 heterocycles. The molecule has 0 saturated heterocycles. The molecule has 0 bridgehead atoms. The summed E-state index contributed by atoms with van der Waals surface area (Å²) >= 11 is 0. The van der Waals surface area contributed by atoms with Crippen molar-refractivity contribution in [1.82, 2.24) is 0 Å². The van der Waals surface area contributed by atoms with Crippen LogP contribution in [0.5, 0.6) is 11.5 Å². The number of aryl methyl sites for hydroxylation is 1. The number of anilines is 5. The Morgan fingerprint density at radius 2 is 0.769 bits per heavy atom. The van der Waals surface area contributed by atoms with Gasteiger partial charge in [-0.05, 0) is 138 Å². The molecule has 0 fully saturated rings. The highest BCUT2D eigenvalue weighted by Crippen LogP contribution is 2.38. The lowest BCUT2D eigenvalue weighted by Crippen LogP contribution is -2.15. The molecule has 256 valence electrons. The molecular formula is C47H40N2O3. The second-order valence-corrected chi connectivity index (χ2v) is 12.4. The van der Waals surface area contributed by atoms with Gasteiger partial charge in [-0.1, -0.05) is 72.0 Å². The van der Waals surface area contributed by atoms with Crippen LogP contribution in [0.2, 0.25) is 0 Å². The predicted octanol–water partition coefficient (Wildman–Crippen LogP) is 12.1. The summed E-state index contributed by atoms with van der Waals surface area (Å²) in [5, 5.41) is 0. The van der Waals surface area contributed by atoms with Crippen molar-refractivity contribution in [3.63, 3.8) is 0 Å². The van der Waals surface area contributed by atoms with E-state index in [0.29, 0.717) is 5.76 Å². The highest BCUT2D eigenvalue weighted by atomic mass is 16.5. The molecule has 0 atom stereocenters. The van der Waals surface area contributed by atoms with Gasteiger partial charge in [-0.25, -0.2) is 0 Å². The zero-order valence-corrected chi connectivity index (χ0v) is 29.8. The molecular weight excluding hydrogens is 641 g/mol. The van der Waals surface area contributed by atoms with Crippen molar-refractivity contribution < 1.29 is 14.2 Å². The van der Waals surface area contributed by atoms with Crippen LogP contribution in [0.15, 0.2) is 187 Å². The van der Waals surface area contributed by atoms with Gasteiger partial charge in [0.1, 0.15) is 11.5 Å². The van der Waals surface area contributed by atoms with E-state index in [1.54, 1.807) is 21.3 Å². The maximum absolute atomic E-state index is 5.46. The molecule has 6 aromatic carbocycles. The van der Waals surface area contributed by atoms with Crippen LogP contribution < -0.4 is 19.3 Å². The van der Waals surface area contributed by atoms with Crippen LogP contribution in [-0.4, -0.2) is 21.3 Å². The van der Waals surface area contributed by atoms with Gasteiger partial charge in [0.05, 0.1) is 21.3 Å². The summed E-state index contributed by atoms with van der Waals surface area (Å²) in [6, 6.07) is 51.0. The minimum Gasteiger partial charge on any atom is -0.497 e. The lowest BCUT2D eigenvalue weighted by molar-refractivity contribution is 0.308. The average Bonchev–Trinajstić information content (AvgIpc) is 3.45. The van der Waals surface area contributed by atoms with Crippen molar-refractivity contribution in [1.29, 1.82) is 0 Å². The van der Waals surface area contributed by atoms with E-state index < -0.39 is 0 Å².